The Labute approximate surface area is 89.6 Å². The van der Waals surface area contributed by atoms with Gasteiger partial charge in [-0.2, -0.15) is 0 Å². The van der Waals surface area contributed by atoms with Crippen molar-refractivity contribution in [3.05, 3.63) is 76.7 Å². The smallest absolute Gasteiger partial charge is 0.0355 e. The molecule has 0 atom stereocenters. The number of fused-ring (bicyclic) bond motifs is 8. The zero-order valence-corrected chi connectivity index (χ0v) is 8.40. The first-order valence-corrected chi connectivity index (χ1v) is 5.49. The summed E-state index contributed by atoms with van der Waals surface area (Å²) in [4.78, 5) is 0. The fraction of sp³-hybridized carbons (Fsp3) is 0.133. The topological polar surface area (TPSA) is 0 Å². The van der Waals surface area contributed by atoms with Crippen LogP contribution in [0.5, 0.6) is 0 Å². The maximum Gasteiger partial charge on any atom is 0.0355 e. The van der Waals surface area contributed by atoms with Crippen molar-refractivity contribution in [3.8, 4) is 0 Å². The molecule has 0 unspecified atom stereocenters. The summed E-state index contributed by atoms with van der Waals surface area (Å²) in [6, 6.07) is 17.7. The Morgan fingerprint density at radius 2 is 1.27 bits per heavy atom. The van der Waals surface area contributed by atoms with Gasteiger partial charge in [0, 0.05) is 11.8 Å². The van der Waals surface area contributed by atoms with Gasteiger partial charge < -0.3 is 0 Å². The van der Waals surface area contributed by atoms with E-state index in [9.17, 15) is 0 Å². The van der Waals surface area contributed by atoms with Crippen LogP contribution in [0.4, 0.5) is 0 Å². The van der Waals surface area contributed by atoms with Crippen molar-refractivity contribution < 1.29 is 0 Å². The molecule has 0 fully saturated rings. The number of benzene rings is 2. The molecule has 1 radical (unpaired) electrons. The van der Waals surface area contributed by atoms with E-state index in [0.717, 1.165) is 0 Å². The molecule has 15 heavy (non-hydrogen) atoms. The van der Waals surface area contributed by atoms with Gasteiger partial charge in [0.25, 0.3) is 0 Å². The summed E-state index contributed by atoms with van der Waals surface area (Å²) in [7, 11) is 0. The Morgan fingerprint density at radius 1 is 0.733 bits per heavy atom. The van der Waals surface area contributed by atoms with E-state index < -0.39 is 0 Å². The zero-order chi connectivity index (χ0) is 9.83. The first-order valence-electron chi connectivity index (χ1n) is 5.49. The van der Waals surface area contributed by atoms with Crippen LogP contribution in [0.15, 0.2) is 48.5 Å². The van der Waals surface area contributed by atoms with Crippen LogP contribution in [0.1, 0.15) is 34.6 Å². The third-order valence-electron chi connectivity index (χ3n) is 3.73. The predicted octanol–water partition coefficient (Wildman–Crippen LogP) is 3.51. The van der Waals surface area contributed by atoms with Gasteiger partial charge in [-0.15, -0.1) is 0 Å². The molecule has 0 heterocycles. The summed E-state index contributed by atoms with van der Waals surface area (Å²) in [6.45, 7) is 0. The summed E-state index contributed by atoms with van der Waals surface area (Å²) in [5.41, 5.74) is 6.04. The maximum absolute atomic E-state index is 2.28. The van der Waals surface area contributed by atoms with Crippen LogP contribution in [0, 0.1) is 5.92 Å². The molecule has 2 aromatic carbocycles. The van der Waals surface area contributed by atoms with E-state index in [0.29, 0.717) is 5.92 Å². The molecule has 2 aliphatic carbocycles. The first-order chi connectivity index (χ1) is 7.45. The van der Waals surface area contributed by atoms with Crippen molar-refractivity contribution in [2.24, 2.45) is 0 Å². The van der Waals surface area contributed by atoms with Gasteiger partial charge in [-0.3, -0.25) is 0 Å². The van der Waals surface area contributed by atoms with Crippen molar-refractivity contribution in [2.45, 2.75) is 12.3 Å². The standard InChI is InChI=1S/C15H11/c1-2-6-11-10(5-1)14-9-15(11)13-8-4-3-7-12(13)14/h1-8,14H,9H2. The molecule has 2 aromatic rings. The van der Waals surface area contributed by atoms with Gasteiger partial charge in [0.1, 0.15) is 0 Å². The largest absolute Gasteiger partial charge is 0.0620 e. The van der Waals surface area contributed by atoms with E-state index in [4.69, 9.17) is 0 Å². The maximum atomic E-state index is 2.28. The van der Waals surface area contributed by atoms with Gasteiger partial charge in [0.2, 0.25) is 0 Å². The number of rotatable bonds is 0. The van der Waals surface area contributed by atoms with Crippen molar-refractivity contribution in [1.82, 2.24) is 0 Å². The molecule has 0 saturated heterocycles. The van der Waals surface area contributed by atoms with Crippen LogP contribution < -0.4 is 0 Å². The lowest BCUT2D eigenvalue weighted by Gasteiger charge is -2.17. The zero-order valence-electron chi connectivity index (χ0n) is 8.40. The minimum Gasteiger partial charge on any atom is -0.0620 e. The minimum atomic E-state index is 0.646. The molecule has 2 aliphatic rings. The minimum absolute atomic E-state index is 0.646. The highest BCUT2D eigenvalue weighted by Gasteiger charge is 2.41. The van der Waals surface area contributed by atoms with Crippen LogP contribution in [0.3, 0.4) is 0 Å². The number of hydrogen-bond donors (Lipinski definition) is 0. The van der Waals surface area contributed by atoms with Crippen LogP contribution >= 0.6 is 0 Å². The second-order valence-electron chi connectivity index (χ2n) is 4.41. The summed E-state index contributed by atoms with van der Waals surface area (Å²) in [5, 5.41) is 0. The average molecular weight is 191 g/mol. The van der Waals surface area contributed by atoms with E-state index in [2.05, 4.69) is 48.5 Å². The van der Waals surface area contributed by atoms with E-state index >= 15 is 0 Å². The summed E-state index contributed by atoms with van der Waals surface area (Å²) >= 11 is 0. The van der Waals surface area contributed by atoms with E-state index in [1.54, 1.807) is 5.92 Å². The third-order valence-corrected chi connectivity index (χ3v) is 3.73. The van der Waals surface area contributed by atoms with Crippen molar-refractivity contribution in [3.63, 3.8) is 0 Å². The molecule has 0 spiro atoms. The lowest BCUT2D eigenvalue weighted by atomic mass is 9.86. The van der Waals surface area contributed by atoms with Crippen molar-refractivity contribution >= 4 is 0 Å². The molecule has 2 bridgehead atoms. The Balaban J connectivity index is 2.02. The molecule has 0 aromatic heterocycles. The Hall–Kier alpha value is -1.56. The SMILES string of the molecule is c1ccc2c(c1)[C]1CC2c2ccccc21. The molecular formula is C15H11. The van der Waals surface area contributed by atoms with Crippen molar-refractivity contribution in [2.75, 3.05) is 0 Å². The highest BCUT2D eigenvalue weighted by molar-refractivity contribution is 5.67. The van der Waals surface area contributed by atoms with E-state index in [1.165, 1.54) is 28.7 Å². The summed E-state index contributed by atoms with van der Waals surface area (Å²) in [6.07, 6.45) is 1.22. The molecule has 0 saturated carbocycles. The Bertz CT molecular complexity index is 444. The molecule has 71 valence electrons. The predicted molar refractivity (Wildman–Crippen MR) is 60.8 cm³/mol. The Morgan fingerprint density at radius 3 is 1.87 bits per heavy atom. The van der Waals surface area contributed by atoms with Gasteiger partial charge >= 0.3 is 0 Å². The lowest BCUT2D eigenvalue weighted by Crippen LogP contribution is -2.02. The van der Waals surface area contributed by atoms with Gasteiger partial charge in [0.15, 0.2) is 0 Å². The van der Waals surface area contributed by atoms with Crippen LogP contribution in [-0.4, -0.2) is 0 Å². The van der Waals surface area contributed by atoms with Gasteiger partial charge in [0.05, 0.1) is 0 Å². The van der Waals surface area contributed by atoms with Crippen LogP contribution in [0.2, 0.25) is 0 Å². The van der Waals surface area contributed by atoms with E-state index in [-0.39, 0.29) is 0 Å². The Kier molecular flexibility index (Phi) is 1.29. The monoisotopic (exact) mass is 191 g/mol. The van der Waals surface area contributed by atoms with Gasteiger partial charge in [-0.25, -0.2) is 0 Å². The molecule has 0 heteroatoms. The first kappa shape index (κ1) is 7.70. The van der Waals surface area contributed by atoms with E-state index in [1.807, 2.05) is 0 Å². The van der Waals surface area contributed by atoms with Gasteiger partial charge in [-0.1, -0.05) is 48.5 Å². The molecule has 4 rings (SSSR count). The number of hydrogen-bond acceptors (Lipinski definition) is 0. The van der Waals surface area contributed by atoms with Gasteiger partial charge in [-0.05, 0) is 28.7 Å². The highest BCUT2D eigenvalue weighted by atomic mass is 14.4. The molecule has 0 N–H and O–H groups in total. The average Bonchev–Trinajstić information content (AvgIpc) is 2.86. The van der Waals surface area contributed by atoms with Crippen LogP contribution in [0.25, 0.3) is 0 Å². The highest BCUT2D eigenvalue weighted by Crippen LogP contribution is 2.55. The molecular weight excluding hydrogens is 180 g/mol. The normalized spacial score (nSPS) is 17.9. The van der Waals surface area contributed by atoms with Crippen LogP contribution in [-0.2, 0) is 0 Å². The second-order valence-corrected chi connectivity index (χ2v) is 4.41. The fourth-order valence-corrected chi connectivity index (χ4v) is 3.11. The fourth-order valence-electron chi connectivity index (χ4n) is 3.11. The molecule has 0 aliphatic heterocycles. The molecule has 0 amide bonds. The quantitative estimate of drug-likeness (QED) is 0.597. The second kappa shape index (κ2) is 2.52. The lowest BCUT2D eigenvalue weighted by molar-refractivity contribution is 0.884. The molecule has 0 nitrogen and oxygen atoms in total. The third kappa shape index (κ3) is 0.829. The summed E-state index contributed by atoms with van der Waals surface area (Å²) < 4.78 is 0. The summed E-state index contributed by atoms with van der Waals surface area (Å²) in [5.74, 6) is 2.21. The van der Waals surface area contributed by atoms with Crippen molar-refractivity contribution in [1.29, 1.82) is 0 Å².